The third kappa shape index (κ3) is 10.2. The molecular weight excluding hydrogens is 399 g/mol. The minimum Gasteiger partial charge on any atom is -0.356 e. The fourth-order valence-electron chi connectivity index (χ4n) is 2.33. The van der Waals surface area contributed by atoms with Crippen LogP contribution in [0.4, 0.5) is 0 Å². The van der Waals surface area contributed by atoms with Crippen molar-refractivity contribution in [2.45, 2.75) is 44.6 Å². The van der Waals surface area contributed by atoms with Gasteiger partial charge >= 0.3 is 0 Å². The Kier molecular flexibility index (Phi) is 13.4. The van der Waals surface area contributed by atoms with E-state index in [0.717, 1.165) is 31.1 Å². The van der Waals surface area contributed by atoms with Gasteiger partial charge in [-0.15, -0.1) is 24.0 Å². The molecular formula is C14H29IN4OS. The Morgan fingerprint density at radius 2 is 1.86 bits per heavy atom. The molecule has 0 aromatic heterocycles. The predicted molar refractivity (Wildman–Crippen MR) is 103 cm³/mol. The summed E-state index contributed by atoms with van der Waals surface area (Å²) < 4.78 is 0. The van der Waals surface area contributed by atoms with Crippen LogP contribution in [0.2, 0.25) is 0 Å². The molecule has 0 aromatic rings. The van der Waals surface area contributed by atoms with Crippen LogP contribution in [0.15, 0.2) is 4.99 Å². The number of thioether (sulfide) groups is 1. The number of hydrogen-bond acceptors (Lipinski definition) is 3. The van der Waals surface area contributed by atoms with Crippen LogP contribution in [0.25, 0.3) is 0 Å². The van der Waals surface area contributed by atoms with Gasteiger partial charge in [-0.3, -0.25) is 9.79 Å². The Balaban J connectivity index is 0.00000400. The van der Waals surface area contributed by atoms with Gasteiger partial charge in [-0.05, 0) is 19.1 Å². The number of rotatable bonds is 7. The van der Waals surface area contributed by atoms with E-state index in [1.807, 2.05) is 0 Å². The van der Waals surface area contributed by atoms with E-state index in [1.165, 1.54) is 19.3 Å². The first-order valence-electron chi connectivity index (χ1n) is 7.49. The fraction of sp³-hybridized carbons (Fsp3) is 0.857. The number of guanidine groups is 1. The molecule has 0 aliphatic heterocycles. The maximum absolute atomic E-state index is 11.8. The van der Waals surface area contributed by atoms with Crippen LogP contribution in [-0.4, -0.2) is 50.1 Å². The SMILES string of the molecule is CN=C(NCCSC)NCCC(=O)NC1CCCCC1.I. The first-order chi connectivity index (χ1) is 9.76. The zero-order valence-electron chi connectivity index (χ0n) is 13.1. The van der Waals surface area contributed by atoms with Crippen LogP contribution in [0.5, 0.6) is 0 Å². The van der Waals surface area contributed by atoms with E-state index in [4.69, 9.17) is 0 Å². The van der Waals surface area contributed by atoms with E-state index < -0.39 is 0 Å². The predicted octanol–water partition coefficient (Wildman–Crippen LogP) is 1.97. The maximum atomic E-state index is 11.8. The highest BCUT2D eigenvalue weighted by Crippen LogP contribution is 2.17. The number of aliphatic imine (C=N–C) groups is 1. The Labute approximate surface area is 149 Å². The van der Waals surface area contributed by atoms with Crippen LogP contribution >= 0.6 is 35.7 Å². The molecule has 1 saturated carbocycles. The highest BCUT2D eigenvalue weighted by molar-refractivity contribution is 14.0. The molecule has 0 saturated heterocycles. The largest absolute Gasteiger partial charge is 0.356 e. The molecule has 3 N–H and O–H groups in total. The Bertz CT molecular complexity index is 309. The lowest BCUT2D eigenvalue weighted by molar-refractivity contribution is -0.121. The van der Waals surface area contributed by atoms with Crippen LogP contribution in [0.1, 0.15) is 38.5 Å². The molecule has 7 heteroatoms. The van der Waals surface area contributed by atoms with Crippen LogP contribution < -0.4 is 16.0 Å². The second-order valence-corrected chi connectivity index (χ2v) is 6.06. The molecule has 0 aromatic carbocycles. The molecule has 0 atom stereocenters. The van der Waals surface area contributed by atoms with E-state index in [9.17, 15) is 4.79 Å². The molecule has 124 valence electrons. The quantitative estimate of drug-likeness (QED) is 0.251. The Morgan fingerprint density at radius 1 is 1.19 bits per heavy atom. The number of hydrogen-bond donors (Lipinski definition) is 3. The minimum atomic E-state index is 0. The molecule has 1 aliphatic rings. The third-order valence-corrected chi connectivity index (χ3v) is 4.05. The van der Waals surface area contributed by atoms with Crippen molar-refractivity contribution in [1.82, 2.24) is 16.0 Å². The van der Waals surface area contributed by atoms with Crippen molar-refractivity contribution in [3.05, 3.63) is 0 Å². The lowest BCUT2D eigenvalue weighted by atomic mass is 9.95. The summed E-state index contributed by atoms with van der Waals surface area (Å²) in [6.07, 6.45) is 8.65. The van der Waals surface area contributed by atoms with Gasteiger partial charge in [0.05, 0.1) is 0 Å². The first-order valence-corrected chi connectivity index (χ1v) is 8.88. The van der Waals surface area contributed by atoms with Crippen molar-refractivity contribution >= 4 is 47.6 Å². The Hall–Kier alpha value is -0.180. The number of halogens is 1. The summed E-state index contributed by atoms with van der Waals surface area (Å²) in [6, 6.07) is 0.398. The maximum Gasteiger partial charge on any atom is 0.221 e. The summed E-state index contributed by atoms with van der Waals surface area (Å²) >= 11 is 1.79. The molecule has 21 heavy (non-hydrogen) atoms. The second-order valence-electron chi connectivity index (χ2n) is 5.07. The van der Waals surface area contributed by atoms with Gasteiger partial charge in [0.2, 0.25) is 5.91 Å². The summed E-state index contributed by atoms with van der Waals surface area (Å²) in [5.74, 6) is 1.96. The molecule has 1 aliphatic carbocycles. The molecule has 0 spiro atoms. The van der Waals surface area contributed by atoms with E-state index >= 15 is 0 Å². The minimum absolute atomic E-state index is 0. The average Bonchev–Trinajstić information content (AvgIpc) is 2.47. The highest BCUT2D eigenvalue weighted by atomic mass is 127. The fourth-order valence-corrected chi connectivity index (χ4v) is 2.64. The molecule has 0 bridgehead atoms. The topological polar surface area (TPSA) is 65.5 Å². The summed E-state index contributed by atoms with van der Waals surface area (Å²) in [4.78, 5) is 16.0. The van der Waals surface area contributed by atoms with Crippen LogP contribution in [0.3, 0.4) is 0 Å². The number of nitrogens with zero attached hydrogens (tertiary/aromatic N) is 1. The number of carbonyl (C=O) groups is 1. The van der Waals surface area contributed by atoms with Crippen molar-refractivity contribution in [2.75, 3.05) is 32.1 Å². The van der Waals surface area contributed by atoms with Crippen molar-refractivity contribution < 1.29 is 4.79 Å². The van der Waals surface area contributed by atoms with E-state index in [1.54, 1.807) is 18.8 Å². The zero-order chi connectivity index (χ0) is 14.6. The van der Waals surface area contributed by atoms with Crippen molar-refractivity contribution in [3.63, 3.8) is 0 Å². The highest BCUT2D eigenvalue weighted by Gasteiger charge is 2.15. The van der Waals surface area contributed by atoms with E-state index in [-0.39, 0.29) is 29.9 Å². The summed E-state index contributed by atoms with van der Waals surface area (Å²) in [5, 5.41) is 9.50. The van der Waals surface area contributed by atoms with Crippen LogP contribution in [0, 0.1) is 0 Å². The van der Waals surface area contributed by atoms with Gasteiger partial charge in [0, 0.05) is 38.4 Å². The average molecular weight is 428 g/mol. The zero-order valence-corrected chi connectivity index (χ0v) is 16.3. The lowest BCUT2D eigenvalue weighted by Gasteiger charge is -2.22. The number of nitrogens with one attached hydrogen (secondary N) is 3. The van der Waals surface area contributed by atoms with Crippen molar-refractivity contribution in [3.8, 4) is 0 Å². The summed E-state index contributed by atoms with van der Waals surface area (Å²) in [7, 11) is 1.75. The third-order valence-electron chi connectivity index (χ3n) is 3.44. The van der Waals surface area contributed by atoms with Crippen molar-refractivity contribution in [2.24, 2.45) is 4.99 Å². The van der Waals surface area contributed by atoms with Gasteiger partial charge in [0.1, 0.15) is 0 Å². The van der Waals surface area contributed by atoms with Gasteiger partial charge in [-0.2, -0.15) is 11.8 Å². The standard InChI is InChI=1S/C14H28N4OS.HI/c1-15-14(17-10-11-20-2)16-9-8-13(19)18-12-6-4-3-5-7-12;/h12H,3-11H2,1-2H3,(H,18,19)(H2,15,16,17);1H. The molecule has 0 unspecified atom stereocenters. The van der Waals surface area contributed by atoms with Gasteiger partial charge in [0.25, 0.3) is 0 Å². The number of carbonyl (C=O) groups excluding carboxylic acids is 1. The normalized spacial score (nSPS) is 16.0. The molecule has 1 fully saturated rings. The molecule has 0 heterocycles. The van der Waals surface area contributed by atoms with E-state index in [2.05, 4.69) is 27.2 Å². The molecule has 1 rings (SSSR count). The van der Waals surface area contributed by atoms with Gasteiger partial charge < -0.3 is 16.0 Å². The van der Waals surface area contributed by atoms with Crippen LogP contribution in [-0.2, 0) is 4.79 Å². The van der Waals surface area contributed by atoms with E-state index in [0.29, 0.717) is 19.0 Å². The number of amides is 1. The Morgan fingerprint density at radius 3 is 2.48 bits per heavy atom. The first kappa shape index (κ1) is 20.8. The summed E-state index contributed by atoms with van der Waals surface area (Å²) in [6.45, 7) is 1.51. The smallest absolute Gasteiger partial charge is 0.221 e. The van der Waals surface area contributed by atoms with Gasteiger partial charge in [-0.1, -0.05) is 19.3 Å². The molecule has 1 amide bonds. The lowest BCUT2D eigenvalue weighted by Crippen LogP contribution is -2.41. The molecule has 5 nitrogen and oxygen atoms in total. The van der Waals surface area contributed by atoms with Crippen molar-refractivity contribution in [1.29, 1.82) is 0 Å². The van der Waals surface area contributed by atoms with Gasteiger partial charge in [-0.25, -0.2) is 0 Å². The monoisotopic (exact) mass is 428 g/mol. The molecule has 0 radical (unpaired) electrons. The van der Waals surface area contributed by atoms with Gasteiger partial charge in [0.15, 0.2) is 5.96 Å². The summed E-state index contributed by atoms with van der Waals surface area (Å²) in [5.41, 5.74) is 0. The second kappa shape index (κ2) is 13.5.